The minimum Gasteiger partial charge on any atom is -0.393 e. The molecule has 0 amide bonds. The van der Waals surface area contributed by atoms with Gasteiger partial charge in [0.25, 0.3) is 0 Å². The van der Waals surface area contributed by atoms with Crippen LogP contribution in [0.25, 0.3) is 0 Å². The molecule has 0 unspecified atom stereocenters. The van der Waals surface area contributed by atoms with E-state index in [1.807, 2.05) is 55.5 Å². The molecular formula is C18H18ClN5. The number of aryl methyl sites for hydroxylation is 1. The number of aromatic nitrogens is 2. The van der Waals surface area contributed by atoms with Gasteiger partial charge in [0, 0.05) is 17.3 Å². The van der Waals surface area contributed by atoms with Gasteiger partial charge in [0.2, 0.25) is 0 Å². The Labute approximate surface area is 145 Å². The highest BCUT2D eigenvalue weighted by atomic mass is 35.5. The molecule has 0 radical (unpaired) electrons. The first-order valence-corrected chi connectivity index (χ1v) is 7.92. The smallest absolute Gasteiger partial charge is 0.159 e. The third-order valence-electron chi connectivity index (χ3n) is 3.57. The molecule has 3 aromatic rings. The van der Waals surface area contributed by atoms with Gasteiger partial charge in [-0.25, -0.2) is 9.97 Å². The van der Waals surface area contributed by atoms with Crippen molar-refractivity contribution in [2.45, 2.75) is 13.5 Å². The second-order valence-corrected chi connectivity index (χ2v) is 5.89. The van der Waals surface area contributed by atoms with E-state index >= 15 is 0 Å². The lowest BCUT2D eigenvalue weighted by atomic mass is 10.2. The van der Waals surface area contributed by atoms with E-state index in [1.54, 1.807) is 0 Å². The number of benzene rings is 2. The van der Waals surface area contributed by atoms with Crippen molar-refractivity contribution >= 4 is 34.6 Å². The molecule has 0 fully saturated rings. The lowest BCUT2D eigenvalue weighted by Gasteiger charge is -2.12. The van der Waals surface area contributed by atoms with Crippen LogP contribution in [0.5, 0.6) is 0 Å². The van der Waals surface area contributed by atoms with Crippen molar-refractivity contribution in [3.63, 3.8) is 0 Å². The van der Waals surface area contributed by atoms with Gasteiger partial charge < -0.3 is 16.4 Å². The van der Waals surface area contributed by atoms with Crippen LogP contribution in [0.15, 0.2) is 54.9 Å². The van der Waals surface area contributed by atoms with Crippen molar-refractivity contribution in [3.8, 4) is 0 Å². The maximum atomic E-state index is 6.18. The fourth-order valence-electron chi connectivity index (χ4n) is 2.20. The second-order valence-electron chi connectivity index (χ2n) is 5.46. The van der Waals surface area contributed by atoms with Gasteiger partial charge in [-0.2, -0.15) is 0 Å². The maximum absolute atomic E-state index is 6.18. The number of nitrogen functional groups attached to an aromatic ring is 1. The number of rotatable bonds is 5. The van der Waals surface area contributed by atoms with E-state index < -0.39 is 0 Å². The Kier molecular flexibility index (Phi) is 4.82. The maximum Gasteiger partial charge on any atom is 0.159 e. The van der Waals surface area contributed by atoms with E-state index in [0.29, 0.717) is 28.9 Å². The van der Waals surface area contributed by atoms with E-state index in [1.165, 1.54) is 11.9 Å². The molecule has 0 spiro atoms. The predicted octanol–water partition coefficient (Wildman–Crippen LogP) is 4.38. The molecule has 0 saturated heterocycles. The minimum absolute atomic E-state index is 0.479. The molecule has 0 saturated carbocycles. The fraction of sp³-hybridized carbons (Fsp3) is 0.111. The SMILES string of the molecule is Cc1ccc(Nc2ncnc(NCc3ccc(Cl)cc3)c2N)cc1. The zero-order valence-corrected chi connectivity index (χ0v) is 14.0. The molecule has 6 heteroatoms. The van der Waals surface area contributed by atoms with Crippen molar-refractivity contribution in [3.05, 3.63) is 71.0 Å². The summed E-state index contributed by atoms with van der Waals surface area (Å²) in [4.78, 5) is 8.43. The molecule has 4 N–H and O–H groups in total. The monoisotopic (exact) mass is 339 g/mol. The molecule has 0 aliphatic heterocycles. The molecule has 24 heavy (non-hydrogen) atoms. The van der Waals surface area contributed by atoms with Crippen molar-refractivity contribution in [2.24, 2.45) is 0 Å². The highest BCUT2D eigenvalue weighted by Crippen LogP contribution is 2.26. The van der Waals surface area contributed by atoms with Crippen molar-refractivity contribution in [1.29, 1.82) is 0 Å². The van der Waals surface area contributed by atoms with Crippen molar-refractivity contribution in [1.82, 2.24) is 9.97 Å². The fourth-order valence-corrected chi connectivity index (χ4v) is 2.32. The van der Waals surface area contributed by atoms with Crippen LogP contribution in [-0.4, -0.2) is 9.97 Å². The molecule has 0 aliphatic carbocycles. The van der Waals surface area contributed by atoms with Gasteiger partial charge in [-0.15, -0.1) is 0 Å². The van der Waals surface area contributed by atoms with Gasteiger partial charge in [-0.3, -0.25) is 0 Å². The normalized spacial score (nSPS) is 10.4. The van der Waals surface area contributed by atoms with Gasteiger partial charge >= 0.3 is 0 Å². The Balaban J connectivity index is 1.72. The molecular weight excluding hydrogens is 322 g/mol. The Hall–Kier alpha value is -2.79. The van der Waals surface area contributed by atoms with Crippen molar-refractivity contribution < 1.29 is 0 Å². The molecule has 2 aromatic carbocycles. The van der Waals surface area contributed by atoms with E-state index in [0.717, 1.165) is 11.3 Å². The van der Waals surface area contributed by atoms with Crippen LogP contribution in [0, 0.1) is 6.92 Å². The average molecular weight is 340 g/mol. The number of anilines is 4. The number of nitrogens with zero attached hydrogens (tertiary/aromatic N) is 2. The lowest BCUT2D eigenvalue weighted by Crippen LogP contribution is -2.08. The van der Waals surface area contributed by atoms with Gasteiger partial charge in [0.05, 0.1) is 0 Å². The van der Waals surface area contributed by atoms with Crippen LogP contribution in [0.3, 0.4) is 0 Å². The van der Waals surface area contributed by atoms with Gasteiger partial charge in [-0.1, -0.05) is 41.4 Å². The average Bonchev–Trinajstić information content (AvgIpc) is 2.59. The highest BCUT2D eigenvalue weighted by Gasteiger charge is 2.08. The standard InChI is InChI=1S/C18H18ClN5/c1-12-2-8-15(9-3-12)24-18-16(20)17(22-11-23-18)21-10-13-4-6-14(19)7-5-13/h2-9,11H,10,20H2,1H3,(H2,21,22,23,24). The summed E-state index contributed by atoms with van der Waals surface area (Å²) < 4.78 is 0. The zero-order chi connectivity index (χ0) is 16.9. The topological polar surface area (TPSA) is 75.9 Å². The minimum atomic E-state index is 0.479. The number of hydrogen-bond acceptors (Lipinski definition) is 5. The van der Waals surface area contributed by atoms with E-state index in [4.69, 9.17) is 17.3 Å². The third-order valence-corrected chi connectivity index (χ3v) is 3.82. The van der Waals surface area contributed by atoms with E-state index in [2.05, 4.69) is 20.6 Å². The summed E-state index contributed by atoms with van der Waals surface area (Å²) in [6.45, 7) is 2.64. The van der Waals surface area contributed by atoms with E-state index in [-0.39, 0.29) is 0 Å². The van der Waals surface area contributed by atoms with Crippen LogP contribution in [-0.2, 0) is 6.54 Å². The third kappa shape index (κ3) is 3.94. The van der Waals surface area contributed by atoms with Crippen LogP contribution in [0.2, 0.25) is 5.02 Å². The summed E-state index contributed by atoms with van der Waals surface area (Å²) in [5, 5.41) is 7.15. The lowest BCUT2D eigenvalue weighted by molar-refractivity contribution is 1.09. The molecule has 5 nitrogen and oxygen atoms in total. The van der Waals surface area contributed by atoms with Gasteiger partial charge in [0.15, 0.2) is 11.6 Å². The molecule has 0 bridgehead atoms. The molecule has 3 rings (SSSR count). The first-order chi connectivity index (χ1) is 11.6. The van der Waals surface area contributed by atoms with Gasteiger partial charge in [-0.05, 0) is 36.8 Å². The van der Waals surface area contributed by atoms with Crippen LogP contribution in [0.4, 0.5) is 23.0 Å². The van der Waals surface area contributed by atoms with Crippen molar-refractivity contribution in [2.75, 3.05) is 16.4 Å². The summed E-state index contributed by atoms with van der Waals surface area (Å²) in [5.41, 5.74) is 9.87. The molecule has 0 atom stereocenters. The van der Waals surface area contributed by atoms with Crippen LogP contribution in [0.1, 0.15) is 11.1 Å². The van der Waals surface area contributed by atoms with Gasteiger partial charge in [0.1, 0.15) is 12.0 Å². The Bertz CT molecular complexity index is 816. The second kappa shape index (κ2) is 7.19. The zero-order valence-electron chi connectivity index (χ0n) is 13.3. The first kappa shape index (κ1) is 16.1. The number of nitrogens with one attached hydrogen (secondary N) is 2. The number of nitrogens with two attached hydrogens (primary N) is 1. The summed E-state index contributed by atoms with van der Waals surface area (Å²) in [7, 11) is 0. The summed E-state index contributed by atoms with van der Waals surface area (Å²) in [6, 6.07) is 15.6. The van der Waals surface area contributed by atoms with Crippen LogP contribution >= 0.6 is 11.6 Å². The molecule has 1 heterocycles. The quantitative estimate of drug-likeness (QED) is 0.643. The summed E-state index contributed by atoms with van der Waals surface area (Å²) >= 11 is 5.89. The van der Waals surface area contributed by atoms with E-state index in [9.17, 15) is 0 Å². The molecule has 1 aromatic heterocycles. The Morgan fingerprint density at radius 3 is 2.33 bits per heavy atom. The summed E-state index contributed by atoms with van der Waals surface area (Å²) in [6.07, 6.45) is 1.48. The number of hydrogen-bond donors (Lipinski definition) is 3. The highest BCUT2D eigenvalue weighted by molar-refractivity contribution is 6.30. The first-order valence-electron chi connectivity index (χ1n) is 7.54. The molecule has 122 valence electrons. The summed E-state index contributed by atoms with van der Waals surface area (Å²) in [5.74, 6) is 1.17. The Morgan fingerprint density at radius 2 is 1.62 bits per heavy atom. The van der Waals surface area contributed by atoms with Crippen LogP contribution < -0.4 is 16.4 Å². The number of halogens is 1. The predicted molar refractivity (Wildman–Crippen MR) is 99.7 cm³/mol. The largest absolute Gasteiger partial charge is 0.393 e. The Morgan fingerprint density at radius 1 is 0.958 bits per heavy atom. The molecule has 0 aliphatic rings.